The number of hydrogen-bond acceptors (Lipinski definition) is 5. The summed E-state index contributed by atoms with van der Waals surface area (Å²) in [6.45, 7) is 1.99. The van der Waals surface area contributed by atoms with Crippen molar-refractivity contribution in [1.29, 1.82) is 0 Å². The Kier molecular flexibility index (Phi) is 5.28. The lowest BCUT2D eigenvalue weighted by molar-refractivity contribution is -0.135. The molecule has 0 fully saturated rings. The van der Waals surface area contributed by atoms with Gasteiger partial charge in [-0.05, 0) is 24.6 Å². The minimum absolute atomic E-state index is 0.114. The molecule has 1 aliphatic rings. The van der Waals surface area contributed by atoms with Gasteiger partial charge in [0.05, 0.1) is 12.5 Å². The molecule has 2 atom stereocenters. The van der Waals surface area contributed by atoms with Crippen molar-refractivity contribution in [2.45, 2.75) is 18.9 Å². The summed E-state index contributed by atoms with van der Waals surface area (Å²) in [6.07, 6.45) is 0. The number of rotatable bonds is 5. The van der Waals surface area contributed by atoms with E-state index in [0.29, 0.717) is 5.56 Å². The summed E-state index contributed by atoms with van der Waals surface area (Å²) in [6, 6.07) is 15.8. The average molecular weight is 401 g/mol. The topological polar surface area (TPSA) is 67.8 Å². The number of nitrogens with one attached hydrogen (secondary N) is 1. The third-order valence-electron chi connectivity index (χ3n) is 4.01. The first kappa shape index (κ1) is 17.4. The first-order valence-corrected chi connectivity index (χ1v) is 8.76. The fourth-order valence-corrected chi connectivity index (χ4v) is 3.10. The van der Waals surface area contributed by atoms with Crippen molar-refractivity contribution in [1.82, 2.24) is 5.43 Å². The van der Waals surface area contributed by atoms with Gasteiger partial charge in [0.25, 0.3) is 0 Å². The fourth-order valence-electron chi connectivity index (χ4n) is 2.83. The molecule has 0 spiro atoms. The smallest absolute Gasteiger partial charge is 0.355 e. The molecule has 0 radical (unpaired) electrons. The predicted molar refractivity (Wildman–Crippen MR) is 98.6 cm³/mol. The molecule has 0 bridgehead atoms. The van der Waals surface area contributed by atoms with Crippen LogP contribution < -0.4 is 5.43 Å². The van der Waals surface area contributed by atoms with Gasteiger partial charge in [-0.2, -0.15) is 5.10 Å². The number of carbonyl (C=O) groups excluding carboxylic acids is 2. The molecular formula is C19H17BrN2O3. The standard InChI is InChI=1S/C19H17BrN2O3/c1-2-25-19(24)17-15(12-8-10-14(20)11-9-12)16(21-22-17)18(23)13-6-4-3-5-7-13/h3-11,15-16,21H,2H2,1H3. The molecule has 2 aromatic rings. The van der Waals surface area contributed by atoms with Gasteiger partial charge in [-0.15, -0.1) is 0 Å². The van der Waals surface area contributed by atoms with E-state index in [9.17, 15) is 9.59 Å². The molecule has 6 heteroatoms. The summed E-state index contributed by atoms with van der Waals surface area (Å²) in [7, 11) is 0. The van der Waals surface area contributed by atoms with E-state index in [-0.39, 0.29) is 18.1 Å². The number of Topliss-reactive ketones (excluding diaryl/α,β-unsaturated/α-hetero) is 1. The van der Waals surface area contributed by atoms with E-state index in [1.807, 2.05) is 42.5 Å². The van der Waals surface area contributed by atoms with Crippen molar-refractivity contribution in [3.63, 3.8) is 0 Å². The van der Waals surface area contributed by atoms with Crippen molar-refractivity contribution in [3.8, 4) is 0 Å². The molecule has 5 nitrogen and oxygen atoms in total. The lowest BCUT2D eigenvalue weighted by Crippen LogP contribution is -2.37. The predicted octanol–water partition coefficient (Wildman–Crippen LogP) is 3.31. The molecule has 128 valence electrons. The van der Waals surface area contributed by atoms with Gasteiger partial charge in [0.2, 0.25) is 0 Å². The first-order chi connectivity index (χ1) is 12.1. The maximum absolute atomic E-state index is 12.9. The number of ether oxygens (including phenoxy) is 1. The molecule has 0 amide bonds. The third-order valence-corrected chi connectivity index (χ3v) is 4.54. The van der Waals surface area contributed by atoms with E-state index >= 15 is 0 Å². The highest BCUT2D eigenvalue weighted by atomic mass is 79.9. The van der Waals surface area contributed by atoms with E-state index in [2.05, 4.69) is 26.5 Å². The molecule has 3 rings (SSSR count). The molecule has 1 N–H and O–H groups in total. The van der Waals surface area contributed by atoms with Gasteiger partial charge in [-0.25, -0.2) is 4.79 Å². The Bertz CT molecular complexity index is 803. The van der Waals surface area contributed by atoms with E-state index < -0.39 is 17.9 Å². The Morgan fingerprint density at radius 2 is 1.80 bits per heavy atom. The van der Waals surface area contributed by atoms with Crippen LogP contribution in [0, 0.1) is 0 Å². The van der Waals surface area contributed by atoms with Crippen LogP contribution in [-0.2, 0) is 9.53 Å². The number of nitrogens with zero attached hydrogens (tertiary/aromatic N) is 1. The number of esters is 1. The van der Waals surface area contributed by atoms with Crippen LogP contribution in [0.5, 0.6) is 0 Å². The SMILES string of the molecule is CCOC(=O)C1=NNC(C(=O)c2ccccc2)C1c1ccc(Br)cc1. The number of hydrogen-bond donors (Lipinski definition) is 1. The van der Waals surface area contributed by atoms with Crippen molar-refractivity contribution >= 4 is 33.4 Å². The summed E-state index contributed by atoms with van der Waals surface area (Å²) >= 11 is 3.40. The van der Waals surface area contributed by atoms with E-state index in [1.54, 1.807) is 19.1 Å². The highest BCUT2D eigenvalue weighted by Gasteiger charge is 2.41. The Morgan fingerprint density at radius 1 is 1.12 bits per heavy atom. The second kappa shape index (κ2) is 7.61. The molecule has 1 aliphatic heterocycles. The zero-order chi connectivity index (χ0) is 17.8. The van der Waals surface area contributed by atoms with Gasteiger partial charge in [-0.3, -0.25) is 10.2 Å². The number of benzene rings is 2. The molecule has 0 saturated heterocycles. The fraction of sp³-hybridized carbons (Fsp3) is 0.211. The van der Waals surface area contributed by atoms with Gasteiger partial charge in [0.15, 0.2) is 11.5 Å². The van der Waals surface area contributed by atoms with Crippen LogP contribution in [0.3, 0.4) is 0 Å². The zero-order valence-electron chi connectivity index (χ0n) is 13.6. The first-order valence-electron chi connectivity index (χ1n) is 7.96. The minimum Gasteiger partial charge on any atom is -0.461 e. The Morgan fingerprint density at radius 3 is 2.44 bits per heavy atom. The molecule has 0 saturated carbocycles. The van der Waals surface area contributed by atoms with Crippen molar-refractivity contribution in [3.05, 3.63) is 70.2 Å². The van der Waals surface area contributed by atoms with Crippen LogP contribution in [0.4, 0.5) is 0 Å². The van der Waals surface area contributed by atoms with Gasteiger partial charge >= 0.3 is 5.97 Å². The minimum atomic E-state index is -0.650. The number of hydrazone groups is 1. The Labute approximate surface area is 154 Å². The second-order valence-electron chi connectivity index (χ2n) is 5.58. The molecule has 0 aromatic heterocycles. The zero-order valence-corrected chi connectivity index (χ0v) is 15.2. The van der Waals surface area contributed by atoms with Crippen LogP contribution >= 0.6 is 15.9 Å². The largest absolute Gasteiger partial charge is 0.461 e. The molecule has 25 heavy (non-hydrogen) atoms. The van der Waals surface area contributed by atoms with Crippen LogP contribution in [0.25, 0.3) is 0 Å². The monoisotopic (exact) mass is 400 g/mol. The van der Waals surface area contributed by atoms with Crippen molar-refractivity contribution in [2.24, 2.45) is 5.10 Å². The van der Waals surface area contributed by atoms with Crippen LogP contribution in [0.2, 0.25) is 0 Å². The summed E-state index contributed by atoms with van der Waals surface area (Å²) in [4.78, 5) is 25.2. The van der Waals surface area contributed by atoms with E-state index in [0.717, 1.165) is 10.0 Å². The quantitative estimate of drug-likeness (QED) is 0.617. The number of ketones is 1. The van der Waals surface area contributed by atoms with Gasteiger partial charge < -0.3 is 4.74 Å². The van der Waals surface area contributed by atoms with Crippen LogP contribution in [0.1, 0.15) is 28.8 Å². The molecule has 2 unspecified atom stereocenters. The van der Waals surface area contributed by atoms with Gasteiger partial charge in [0, 0.05) is 10.0 Å². The summed E-state index contributed by atoms with van der Waals surface area (Å²) < 4.78 is 6.02. The maximum atomic E-state index is 12.9. The number of halogens is 1. The lowest BCUT2D eigenvalue weighted by Gasteiger charge is -2.20. The van der Waals surface area contributed by atoms with E-state index in [4.69, 9.17) is 4.74 Å². The van der Waals surface area contributed by atoms with Crippen molar-refractivity contribution in [2.75, 3.05) is 6.61 Å². The summed E-state index contributed by atoms with van der Waals surface area (Å²) in [5, 5.41) is 4.12. The Balaban J connectivity index is 1.97. The van der Waals surface area contributed by atoms with E-state index in [1.165, 1.54) is 0 Å². The van der Waals surface area contributed by atoms with Gasteiger partial charge in [-0.1, -0.05) is 58.4 Å². The third kappa shape index (κ3) is 3.64. The molecule has 0 aliphatic carbocycles. The maximum Gasteiger partial charge on any atom is 0.355 e. The lowest BCUT2D eigenvalue weighted by atomic mass is 9.84. The molecular weight excluding hydrogens is 384 g/mol. The number of carbonyl (C=O) groups is 2. The normalized spacial score (nSPS) is 19.0. The van der Waals surface area contributed by atoms with Gasteiger partial charge in [0.1, 0.15) is 6.04 Å². The average Bonchev–Trinajstić information content (AvgIpc) is 3.08. The summed E-state index contributed by atoms with van der Waals surface area (Å²) in [5.41, 5.74) is 4.45. The highest BCUT2D eigenvalue weighted by Crippen LogP contribution is 2.29. The Hall–Kier alpha value is -2.47. The molecule has 2 aromatic carbocycles. The van der Waals surface area contributed by atoms with Crippen molar-refractivity contribution < 1.29 is 14.3 Å². The molecule has 1 heterocycles. The second-order valence-corrected chi connectivity index (χ2v) is 6.50. The van der Waals surface area contributed by atoms with Crippen LogP contribution in [0.15, 0.2) is 64.2 Å². The highest BCUT2D eigenvalue weighted by molar-refractivity contribution is 9.10. The van der Waals surface area contributed by atoms with Crippen LogP contribution in [-0.4, -0.2) is 30.1 Å². The summed E-state index contributed by atoms with van der Waals surface area (Å²) in [5.74, 6) is -1.12.